The lowest BCUT2D eigenvalue weighted by Crippen LogP contribution is -2.02. The first-order valence-corrected chi connectivity index (χ1v) is 4.39. The van der Waals surface area contributed by atoms with Gasteiger partial charge in [0.15, 0.2) is 0 Å². The number of rotatable bonds is 5. The minimum Gasteiger partial charge on any atom is -0.494 e. The van der Waals surface area contributed by atoms with E-state index in [1.54, 1.807) is 0 Å². The number of benzene rings is 1. The summed E-state index contributed by atoms with van der Waals surface area (Å²) >= 11 is 0. The predicted molar refractivity (Wildman–Crippen MR) is 52.1 cm³/mol. The second kappa shape index (κ2) is 5.41. The number of anilines is 1. The zero-order chi connectivity index (χ0) is 9.52. The molecule has 1 rings (SSSR count). The highest BCUT2D eigenvalue weighted by molar-refractivity contribution is 5.46. The zero-order valence-electron chi connectivity index (χ0n) is 7.72. The monoisotopic (exact) mass is 183 g/mol. The fourth-order valence-electron chi connectivity index (χ4n) is 1.03. The van der Waals surface area contributed by atoms with Crippen LogP contribution in [0.25, 0.3) is 0 Å². The van der Waals surface area contributed by atoms with Crippen molar-refractivity contribution in [3.05, 3.63) is 24.3 Å². The first-order chi connectivity index (χ1) is 6.36. The largest absolute Gasteiger partial charge is 0.494 e. The second-order valence-corrected chi connectivity index (χ2v) is 2.57. The van der Waals surface area contributed by atoms with Gasteiger partial charge < -0.3 is 10.1 Å². The van der Waals surface area contributed by atoms with Crippen LogP contribution in [-0.4, -0.2) is 19.8 Å². The molecule has 1 aromatic rings. The van der Waals surface area contributed by atoms with E-state index < -0.39 is 0 Å². The molecule has 0 radical (unpaired) electrons. The molecule has 13 heavy (non-hydrogen) atoms. The van der Waals surface area contributed by atoms with Gasteiger partial charge in [-0.3, -0.25) is 0 Å². The molecule has 0 saturated carbocycles. The molecule has 0 aliphatic heterocycles. The second-order valence-electron chi connectivity index (χ2n) is 2.57. The Balaban J connectivity index is 2.48. The van der Waals surface area contributed by atoms with Crippen molar-refractivity contribution in [3.63, 3.8) is 0 Å². The van der Waals surface area contributed by atoms with Gasteiger partial charge in [0.25, 0.3) is 0 Å². The van der Waals surface area contributed by atoms with Crippen LogP contribution in [0.5, 0.6) is 5.75 Å². The van der Waals surface area contributed by atoms with E-state index in [1.165, 1.54) is 0 Å². The number of hydrogen-bond acceptors (Lipinski definition) is 2. The highest BCUT2D eigenvalue weighted by Gasteiger charge is 1.92. The Morgan fingerprint density at radius 2 is 2.00 bits per heavy atom. The fraction of sp³-hybridized carbons (Fsp3) is 0.400. The summed E-state index contributed by atoms with van der Waals surface area (Å²) in [6.07, 6.45) is 0. The number of alkyl halides is 1. The van der Waals surface area contributed by atoms with Crippen LogP contribution in [0.2, 0.25) is 0 Å². The Kier molecular flexibility index (Phi) is 4.09. The SMILES string of the molecule is CCOc1ccc(NCCF)cc1. The quantitative estimate of drug-likeness (QED) is 0.757. The van der Waals surface area contributed by atoms with Gasteiger partial charge in [0, 0.05) is 12.2 Å². The Labute approximate surface area is 77.7 Å². The number of hydrogen-bond donors (Lipinski definition) is 1. The summed E-state index contributed by atoms with van der Waals surface area (Å²) in [6, 6.07) is 7.48. The molecule has 0 unspecified atom stereocenters. The van der Waals surface area contributed by atoms with E-state index in [-0.39, 0.29) is 6.67 Å². The number of ether oxygens (including phenoxy) is 1. The lowest BCUT2D eigenvalue weighted by Gasteiger charge is -2.05. The Morgan fingerprint density at radius 3 is 2.54 bits per heavy atom. The van der Waals surface area contributed by atoms with E-state index in [1.807, 2.05) is 31.2 Å². The van der Waals surface area contributed by atoms with Gasteiger partial charge in [-0.2, -0.15) is 0 Å². The Bertz CT molecular complexity index is 235. The third-order valence-electron chi connectivity index (χ3n) is 1.59. The third kappa shape index (κ3) is 3.32. The van der Waals surface area contributed by atoms with Crippen molar-refractivity contribution < 1.29 is 9.13 Å². The summed E-state index contributed by atoms with van der Waals surface area (Å²) in [5.41, 5.74) is 0.918. The van der Waals surface area contributed by atoms with Gasteiger partial charge in [-0.1, -0.05) is 0 Å². The average molecular weight is 183 g/mol. The van der Waals surface area contributed by atoms with Crippen molar-refractivity contribution in [3.8, 4) is 5.75 Å². The molecule has 0 aliphatic rings. The molecule has 0 aromatic heterocycles. The lowest BCUT2D eigenvalue weighted by atomic mass is 10.3. The summed E-state index contributed by atoms with van der Waals surface area (Å²) in [6.45, 7) is 2.60. The zero-order valence-corrected chi connectivity index (χ0v) is 7.72. The molecular weight excluding hydrogens is 169 g/mol. The molecule has 0 spiro atoms. The third-order valence-corrected chi connectivity index (χ3v) is 1.59. The molecule has 0 heterocycles. The topological polar surface area (TPSA) is 21.3 Å². The molecule has 0 saturated heterocycles. The molecule has 1 N–H and O–H groups in total. The van der Waals surface area contributed by atoms with Crippen molar-refractivity contribution in [2.45, 2.75) is 6.92 Å². The van der Waals surface area contributed by atoms with Gasteiger partial charge in [0.1, 0.15) is 12.4 Å². The summed E-state index contributed by atoms with van der Waals surface area (Å²) < 4.78 is 17.1. The van der Waals surface area contributed by atoms with Gasteiger partial charge in [-0.05, 0) is 31.2 Å². The minimum atomic E-state index is -0.354. The van der Waals surface area contributed by atoms with Crippen molar-refractivity contribution in [2.75, 3.05) is 25.1 Å². The molecule has 0 fully saturated rings. The van der Waals surface area contributed by atoms with Gasteiger partial charge in [-0.25, -0.2) is 4.39 Å². The molecule has 0 aliphatic carbocycles. The van der Waals surface area contributed by atoms with Crippen LogP contribution in [0.15, 0.2) is 24.3 Å². The maximum Gasteiger partial charge on any atom is 0.119 e. The van der Waals surface area contributed by atoms with E-state index >= 15 is 0 Å². The summed E-state index contributed by atoms with van der Waals surface area (Å²) in [4.78, 5) is 0. The molecule has 2 nitrogen and oxygen atoms in total. The Hall–Kier alpha value is -1.25. The van der Waals surface area contributed by atoms with Gasteiger partial charge in [0.05, 0.1) is 6.61 Å². The summed E-state index contributed by atoms with van der Waals surface area (Å²) in [7, 11) is 0. The summed E-state index contributed by atoms with van der Waals surface area (Å²) in [5, 5.41) is 2.93. The standard InChI is InChI=1S/C10H14FNO/c1-2-13-10-5-3-9(4-6-10)12-8-7-11/h3-6,12H,2,7-8H2,1H3. The molecule has 0 amide bonds. The van der Waals surface area contributed by atoms with Crippen LogP contribution in [-0.2, 0) is 0 Å². The fourth-order valence-corrected chi connectivity index (χ4v) is 1.03. The molecule has 3 heteroatoms. The highest BCUT2D eigenvalue weighted by Crippen LogP contribution is 2.15. The van der Waals surface area contributed by atoms with E-state index in [0.717, 1.165) is 11.4 Å². The van der Waals surface area contributed by atoms with Crippen molar-refractivity contribution in [2.24, 2.45) is 0 Å². The van der Waals surface area contributed by atoms with Crippen LogP contribution in [0.1, 0.15) is 6.92 Å². The van der Waals surface area contributed by atoms with Crippen LogP contribution in [0.3, 0.4) is 0 Å². The first-order valence-electron chi connectivity index (χ1n) is 4.39. The van der Waals surface area contributed by atoms with Gasteiger partial charge >= 0.3 is 0 Å². The number of nitrogens with one attached hydrogen (secondary N) is 1. The average Bonchev–Trinajstić information content (AvgIpc) is 2.17. The van der Waals surface area contributed by atoms with E-state index in [9.17, 15) is 4.39 Å². The summed E-state index contributed by atoms with van der Waals surface area (Å²) in [5.74, 6) is 0.841. The molecular formula is C10H14FNO. The number of halogens is 1. The van der Waals surface area contributed by atoms with E-state index in [4.69, 9.17) is 4.74 Å². The molecule has 0 bridgehead atoms. The van der Waals surface area contributed by atoms with Crippen molar-refractivity contribution in [1.82, 2.24) is 0 Å². The maximum absolute atomic E-state index is 11.8. The molecule has 1 aromatic carbocycles. The van der Waals surface area contributed by atoms with E-state index in [0.29, 0.717) is 13.2 Å². The highest BCUT2D eigenvalue weighted by atomic mass is 19.1. The van der Waals surface area contributed by atoms with E-state index in [2.05, 4.69) is 5.32 Å². The van der Waals surface area contributed by atoms with Gasteiger partial charge in [0.2, 0.25) is 0 Å². The molecule has 0 atom stereocenters. The van der Waals surface area contributed by atoms with Crippen molar-refractivity contribution in [1.29, 1.82) is 0 Å². The first kappa shape index (κ1) is 9.84. The Morgan fingerprint density at radius 1 is 1.31 bits per heavy atom. The smallest absolute Gasteiger partial charge is 0.119 e. The maximum atomic E-state index is 11.8. The normalized spacial score (nSPS) is 9.69. The predicted octanol–water partition coefficient (Wildman–Crippen LogP) is 2.47. The minimum absolute atomic E-state index is 0.354. The molecule has 72 valence electrons. The van der Waals surface area contributed by atoms with Crippen LogP contribution in [0.4, 0.5) is 10.1 Å². The van der Waals surface area contributed by atoms with Crippen LogP contribution < -0.4 is 10.1 Å². The van der Waals surface area contributed by atoms with Gasteiger partial charge in [-0.15, -0.1) is 0 Å². The van der Waals surface area contributed by atoms with Crippen LogP contribution >= 0.6 is 0 Å². The van der Waals surface area contributed by atoms with Crippen LogP contribution in [0, 0.1) is 0 Å². The van der Waals surface area contributed by atoms with Crippen molar-refractivity contribution >= 4 is 5.69 Å². The lowest BCUT2D eigenvalue weighted by molar-refractivity contribution is 0.340.